The Morgan fingerprint density at radius 2 is 2.29 bits per heavy atom. The summed E-state index contributed by atoms with van der Waals surface area (Å²) >= 11 is 11.2. The van der Waals surface area contributed by atoms with Crippen molar-refractivity contribution < 1.29 is 0 Å². The van der Waals surface area contributed by atoms with Gasteiger partial charge in [0.05, 0.1) is 6.54 Å². The van der Waals surface area contributed by atoms with E-state index in [1.807, 2.05) is 12.1 Å². The summed E-state index contributed by atoms with van der Waals surface area (Å²) in [6.07, 6.45) is 1.04. The largest absolute Gasteiger partial charge is 0.380 e. The van der Waals surface area contributed by atoms with Gasteiger partial charge in [-0.15, -0.1) is 0 Å². The molecular formula is C11H13Cl2N. The fourth-order valence-electron chi connectivity index (χ4n) is 1.13. The molecule has 0 aliphatic rings. The Labute approximate surface area is 94.7 Å². The highest BCUT2D eigenvalue weighted by atomic mass is 35.5. The smallest absolute Gasteiger partial charge is 0.0516 e. The standard InChI is InChI=1S/C11H13Cl2N/c1-2-9-4-3-5-11(6-9)14-8-10(13)7-12/h3-7,14H,2,8H2,1H3/b10-7-. The Morgan fingerprint density at radius 3 is 2.93 bits per heavy atom. The molecule has 0 saturated heterocycles. The zero-order valence-corrected chi connectivity index (χ0v) is 9.57. The lowest BCUT2D eigenvalue weighted by Crippen LogP contribution is -2.01. The van der Waals surface area contributed by atoms with Crippen LogP contribution in [0.5, 0.6) is 0 Å². The van der Waals surface area contributed by atoms with Crippen LogP contribution in [-0.4, -0.2) is 6.54 Å². The maximum Gasteiger partial charge on any atom is 0.0516 e. The van der Waals surface area contributed by atoms with Crippen LogP contribution in [0.15, 0.2) is 34.8 Å². The number of aryl methyl sites for hydroxylation is 1. The molecule has 1 nitrogen and oxygen atoms in total. The number of anilines is 1. The molecule has 1 rings (SSSR count). The van der Waals surface area contributed by atoms with Gasteiger partial charge in [-0.1, -0.05) is 42.3 Å². The Balaban J connectivity index is 2.58. The van der Waals surface area contributed by atoms with Crippen molar-refractivity contribution in [3.8, 4) is 0 Å². The SMILES string of the molecule is CCc1cccc(NC/C(Cl)=C/Cl)c1. The van der Waals surface area contributed by atoms with Gasteiger partial charge in [-0.3, -0.25) is 0 Å². The normalized spacial score (nSPS) is 11.5. The number of hydrogen-bond donors (Lipinski definition) is 1. The third kappa shape index (κ3) is 3.60. The van der Waals surface area contributed by atoms with Gasteiger partial charge in [-0.25, -0.2) is 0 Å². The number of hydrogen-bond acceptors (Lipinski definition) is 1. The summed E-state index contributed by atoms with van der Waals surface area (Å²) in [5, 5.41) is 3.79. The third-order valence-electron chi connectivity index (χ3n) is 1.92. The first kappa shape index (κ1) is 11.4. The summed E-state index contributed by atoms with van der Waals surface area (Å²) in [4.78, 5) is 0. The molecule has 0 aliphatic carbocycles. The first-order valence-corrected chi connectivity index (χ1v) is 5.35. The van der Waals surface area contributed by atoms with Gasteiger partial charge in [0.15, 0.2) is 0 Å². The highest BCUT2D eigenvalue weighted by molar-refractivity contribution is 6.36. The molecule has 76 valence electrons. The highest BCUT2D eigenvalue weighted by Gasteiger charge is 1.95. The van der Waals surface area contributed by atoms with Crippen LogP contribution in [0, 0.1) is 0 Å². The van der Waals surface area contributed by atoms with Crippen LogP contribution in [-0.2, 0) is 6.42 Å². The van der Waals surface area contributed by atoms with E-state index >= 15 is 0 Å². The second-order valence-corrected chi connectivity index (χ2v) is 3.67. The van der Waals surface area contributed by atoms with E-state index in [4.69, 9.17) is 23.2 Å². The van der Waals surface area contributed by atoms with Gasteiger partial charge in [0.25, 0.3) is 0 Å². The molecule has 1 aromatic carbocycles. The van der Waals surface area contributed by atoms with Crippen molar-refractivity contribution in [1.29, 1.82) is 0 Å². The van der Waals surface area contributed by atoms with Crippen molar-refractivity contribution in [3.05, 3.63) is 40.4 Å². The average Bonchev–Trinajstić information content (AvgIpc) is 2.26. The van der Waals surface area contributed by atoms with Gasteiger partial charge in [-0.05, 0) is 24.1 Å². The topological polar surface area (TPSA) is 12.0 Å². The fourth-order valence-corrected chi connectivity index (χ4v) is 1.27. The zero-order chi connectivity index (χ0) is 10.4. The summed E-state index contributed by atoms with van der Waals surface area (Å²) < 4.78 is 0. The summed E-state index contributed by atoms with van der Waals surface area (Å²) in [6, 6.07) is 8.25. The summed E-state index contributed by atoms with van der Waals surface area (Å²) in [5.74, 6) is 0. The Kier molecular flexibility index (Phi) is 4.85. The van der Waals surface area contributed by atoms with E-state index < -0.39 is 0 Å². The maximum absolute atomic E-state index is 5.76. The van der Waals surface area contributed by atoms with E-state index in [0.29, 0.717) is 11.6 Å². The van der Waals surface area contributed by atoms with Gasteiger partial charge >= 0.3 is 0 Å². The van der Waals surface area contributed by atoms with Gasteiger partial charge in [0.1, 0.15) is 0 Å². The summed E-state index contributed by atoms with van der Waals surface area (Å²) in [6.45, 7) is 2.70. The number of nitrogens with one attached hydrogen (secondary N) is 1. The van der Waals surface area contributed by atoms with Crippen LogP contribution in [0.4, 0.5) is 5.69 Å². The first-order valence-electron chi connectivity index (χ1n) is 4.54. The number of benzene rings is 1. The molecular weight excluding hydrogens is 217 g/mol. The molecule has 0 amide bonds. The van der Waals surface area contributed by atoms with Crippen molar-refractivity contribution in [2.24, 2.45) is 0 Å². The molecule has 0 heterocycles. The second kappa shape index (κ2) is 5.94. The molecule has 3 heteroatoms. The average molecular weight is 230 g/mol. The lowest BCUT2D eigenvalue weighted by molar-refractivity contribution is 1.14. The van der Waals surface area contributed by atoms with Crippen molar-refractivity contribution in [1.82, 2.24) is 0 Å². The molecule has 0 saturated carbocycles. The van der Waals surface area contributed by atoms with Crippen LogP contribution in [0.1, 0.15) is 12.5 Å². The van der Waals surface area contributed by atoms with Crippen molar-refractivity contribution in [2.45, 2.75) is 13.3 Å². The maximum atomic E-state index is 5.76. The summed E-state index contributed by atoms with van der Waals surface area (Å²) in [5.41, 5.74) is 3.75. The van der Waals surface area contributed by atoms with Gasteiger partial charge in [0.2, 0.25) is 0 Å². The first-order chi connectivity index (χ1) is 6.76. The predicted octanol–water partition coefficient (Wildman–Crippen LogP) is 3.98. The summed E-state index contributed by atoms with van der Waals surface area (Å²) in [7, 11) is 0. The quantitative estimate of drug-likeness (QED) is 0.824. The lowest BCUT2D eigenvalue weighted by atomic mass is 10.1. The van der Waals surface area contributed by atoms with E-state index in [-0.39, 0.29) is 0 Å². The van der Waals surface area contributed by atoms with Crippen molar-refractivity contribution in [3.63, 3.8) is 0 Å². The predicted molar refractivity (Wildman–Crippen MR) is 64.1 cm³/mol. The van der Waals surface area contributed by atoms with E-state index in [2.05, 4.69) is 24.4 Å². The van der Waals surface area contributed by atoms with E-state index in [1.165, 1.54) is 11.1 Å². The monoisotopic (exact) mass is 229 g/mol. The minimum atomic E-state index is 0.568. The molecule has 14 heavy (non-hydrogen) atoms. The fraction of sp³-hybridized carbons (Fsp3) is 0.273. The van der Waals surface area contributed by atoms with E-state index in [1.54, 1.807) is 0 Å². The van der Waals surface area contributed by atoms with Crippen LogP contribution in [0.25, 0.3) is 0 Å². The molecule has 1 N–H and O–H groups in total. The molecule has 0 atom stereocenters. The molecule has 0 bridgehead atoms. The Hall–Kier alpha value is -0.660. The molecule has 0 aromatic heterocycles. The highest BCUT2D eigenvalue weighted by Crippen LogP contribution is 2.12. The lowest BCUT2D eigenvalue weighted by Gasteiger charge is -2.06. The van der Waals surface area contributed by atoms with Gasteiger partial charge < -0.3 is 5.32 Å². The molecule has 0 fully saturated rings. The van der Waals surface area contributed by atoms with Crippen LogP contribution >= 0.6 is 23.2 Å². The molecule has 0 radical (unpaired) electrons. The van der Waals surface area contributed by atoms with Gasteiger partial charge in [0, 0.05) is 16.3 Å². The molecule has 1 aromatic rings. The molecule has 0 aliphatic heterocycles. The van der Waals surface area contributed by atoms with E-state index in [0.717, 1.165) is 12.1 Å². The molecule has 0 spiro atoms. The second-order valence-electron chi connectivity index (χ2n) is 2.96. The third-order valence-corrected chi connectivity index (χ3v) is 2.53. The number of rotatable bonds is 4. The van der Waals surface area contributed by atoms with Crippen molar-refractivity contribution >= 4 is 28.9 Å². The molecule has 0 unspecified atom stereocenters. The minimum absolute atomic E-state index is 0.568. The van der Waals surface area contributed by atoms with Crippen LogP contribution in [0.3, 0.4) is 0 Å². The van der Waals surface area contributed by atoms with Crippen molar-refractivity contribution in [2.75, 3.05) is 11.9 Å². The Bertz CT molecular complexity index is 321. The Morgan fingerprint density at radius 1 is 1.50 bits per heavy atom. The van der Waals surface area contributed by atoms with Crippen LogP contribution in [0.2, 0.25) is 0 Å². The number of halogens is 2. The zero-order valence-electron chi connectivity index (χ0n) is 8.06. The van der Waals surface area contributed by atoms with Crippen LogP contribution < -0.4 is 5.32 Å². The minimum Gasteiger partial charge on any atom is -0.380 e. The van der Waals surface area contributed by atoms with E-state index in [9.17, 15) is 0 Å². The van der Waals surface area contributed by atoms with Gasteiger partial charge in [-0.2, -0.15) is 0 Å².